The van der Waals surface area contributed by atoms with Crippen molar-refractivity contribution in [2.45, 2.75) is 6.92 Å². The Morgan fingerprint density at radius 2 is 2.17 bits per heavy atom. The molecule has 0 unspecified atom stereocenters. The summed E-state index contributed by atoms with van der Waals surface area (Å²) in [6, 6.07) is 3.01. The molecule has 0 aliphatic rings. The van der Waals surface area contributed by atoms with Crippen LogP contribution in [0.4, 0.5) is 0 Å². The predicted octanol–water partition coefficient (Wildman–Crippen LogP) is 3.01. The van der Waals surface area contributed by atoms with Crippen LogP contribution in [0.1, 0.15) is 17.3 Å². The van der Waals surface area contributed by atoms with Crippen LogP contribution in [0.2, 0.25) is 5.02 Å². The van der Waals surface area contributed by atoms with Crippen molar-refractivity contribution >= 4 is 33.3 Å². The molecule has 0 amide bonds. The zero-order chi connectivity index (χ0) is 9.30. The van der Waals surface area contributed by atoms with E-state index in [9.17, 15) is 9.90 Å². The second kappa shape index (κ2) is 3.46. The van der Waals surface area contributed by atoms with Crippen molar-refractivity contribution in [1.82, 2.24) is 0 Å². The maximum absolute atomic E-state index is 11.0. The number of Topliss-reactive ketones (excluding diaryl/α,β-unsaturated/α-hetero) is 1. The van der Waals surface area contributed by atoms with E-state index in [-0.39, 0.29) is 16.6 Å². The molecule has 0 saturated heterocycles. The first-order chi connectivity index (χ1) is 5.52. The number of hydrogen-bond donors (Lipinski definition) is 1. The van der Waals surface area contributed by atoms with Gasteiger partial charge in [0.05, 0.1) is 5.02 Å². The zero-order valence-electron chi connectivity index (χ0n) is 6.27. The first-order valence-corrected chi connectivity index (χ1v) is 4.38. The molecule has 0 aliphatic carbocycles. The largest absolute Gasteiger partial charge is 0.506 e. The van der Waals surface area contributed by atoms with E-state index in [1.807, 2.05) is 0 Å². The molecule has 0 fully saturated rings. The highest BCUT2D eigenvalue weighted by atomic mass is 79.9. The molecule has 0 spiro atoms. The van der Waals surface area contributed by atoms with E-state index in [1.165, 1.54) is 13.0 Å². The van der Waals surface area contributed by atoms with Gasteiger partial charge in [-0.05, 0) is 19.1 Å². The van der Waals surface area contributed by atoms with Gasteiger partial charge in [-0.3, -0.25) is 4.79 Å². The average molecular weight is 249 g/mol. The molecule has 1 aromatic rings. The third kappa shape index (κ3) is 1.79. The number of ketones is 1. The molecule has 0 heterocycles. The topological polar surface area (TPSA) is 37.3 Å². The van der Waals surface area contributed by atoms with E-state index in [4.69, 9.17) is 11.6 Å². The van der Waals surface area contributed by atoms with Crippen molar-refractivity contribution in [1.29, 1.82) is 0 Å². The Labute approximate surface area is 83.3 Å². The minimum atomic E-state index is -0.170. The molecule has 12 heavy (non-hydrogen) atoms. The van der Waals surface area contributed by atoms with E-state index in [2.05, 4.69) is 15.9 Å². The molecular weight excluding hydrogens is 243 g/mol. The molecule has 0 bridgehead atoms. The lowest BCUT2D eigenvalue weighted by Crippen LogP contribution is -1.93. The summed E-state index contributed by atoms with van der Waals surface area (Å²) in [7, 11) is 0. The van der Waals surface area contributed by atoms with Gasteiger partial charge in [0.25, 0.3) is 0 Å². The number of carbonyl (C=O) groups excluding carboxylic acids is 1. The Morgan fingerprint density at radius 1 is 1.58 bits per heavy atom. The number of hydrogen-bond acceptors (Lipinski definition) is 2. The van der Waals surface area contributed by atoms with Crippen molar-refractivity contribution in [3.05, 3.63) is 27.2 Å². The van der Waals surface area contributed by atoms with Crippen LogP contribution in [0.5, 0.6) is 5.75 Å². The fourth-order valence-electron chi connectivity index (χ4n) is 0.831. The van der Waals surface area contributed by atoms with Gasteiger partial charge in [-0.2, -0.15) is 0 Å². The van der Waals surface area contributed by atoms with E-state index >= 15 is 0 Å². The lowest BCUT2D eigenvalue weighted by Gasteiger charge is -2.02. The van der Waals surface area contributed by atoms with Gasteiger partial charge in [-0.15, -0.1) is 0 Å². The molecule has 1 rings (SSSR count). The summed E-state index contributed by atoms with van der Waals surface area (Å²) >= 11 is 8.81. The highest BCUT2D eigenvalue weighted by Gasteiger charge is 2.10. The number of phenols is 1. The van der Waals surface area contributed by atoms with Gasteiger partial charge in [0.1, 0.15) is 5.75 Å². The standard InChI is InChI=1S/C8H6BrClO2/c1-4(11)6-2-5(9)3-7(12)8(6)10/h2-3,12H,1H3. The summed E-state index contributed by atoms with van der Waals surface area (Å²) in [6.07, 6.45) is 0. The number of benzene rings is 1. The molecule has 1 aromatic carbocycles. The third-order valence-electron chi connectivity index (χ3n) is 1.40. The van der Waals surface area contributed by atoms with Crippen molar-refractivity contribution in [2.24, 2.45) is 0 Å². The van der Waals surface area contributed by atoms with Crippen molar-refractivity contribution in [3.63, 3.8) is 0 Å². The minimum absolute atomic E-state index is 0.0868. The van der Waals surface area contributed by atoms with E-state index in [1.54, 1.807) is 6.07 Å². The van der Waals surface area contributed by atoms with Crippen LogP contribution in [-0.4, -0.2) is 10.9 Å². The summed E-state index contributed by atoms with van der Waals surface area (Å²) < 4.78 is 0.634. The fraction of sp³-hybridized carbons (Fsp3) is 0.125. The molecule has 0 radical (unpaired) electrons. The molecule has 4 heteroatoms. The molecule has 0 aliphatic heterocycles. The summed E-state index contributed by atoms with van der Waals surface area (Å²) in [6.45, 7) is 1.40. The Kier molecular flexibility index (Phi) is 2.75. The van der Waals surface area contributed by atoms with Crippen LogP contribution in [0.25, 0.3) is 0 Å². The van der Waals surface area contributed by atoms with Gasteiger partial charge in [0.15, 0.2) is 5.78 Å². The quantitative estimate of drug-likeness (QED) is 0.777. The number of carbonyl (C=O) groups is 1. The molecule has 64 valence electrons. The first-order valence-electron chi connectivity index (χ1n) is 3.21. The second-order valence-electron chi connectivity index (χ2n) is 2.34. The van der Waals surface area contributed by atoms with Crippen LogP contribution in [-0.2, 0) is 0 Å². The van der Waals surface area contributed by atoms with Crippen LogP contribution < -0.4 is 0 Å². The fourth-order valence-corrected chi connectivity index (χ4v) is 1.52. The summed E-state index contributed by atoms with van der Waals surface area (Å²) in [4.78, 5) is 11.0. The maximum Gasteiger partial charge on any atom is 0.161 e. The zero-order valence-corrected chi connectivity index (χ0v) is 8.61. The van der Waals surface area contributed by atoms with Crippen molar-refractivity contribution in [2.75, 3.05) is 0 Å². The van der Waals surface area contributed by atoms with Crippen LogP contribution in [0.15, 0.2) is 16.6 Å². The van der Waals surface area contributed by atoms with Gasteiger partial charge in [-0.25, -0.2) is 0 Å². The van der Waals surface area contributed by atoms with E-state index in [0.29, 0.717) is 10.0 Å². The second-order valence-corrected chi connectivity index (χ2v) is 3.64. The Bertz CT molecular complexity index is 336. The summed E-state index contributed by atoms with van der Waals surface area (Å²) in [5.41, 5.74) is 0.323. The maximum atomic E-state index is 11.0. The normalized spacial score (nSPS) is 9.92. The number of aromatic hydroxyl groups is 1. The highest BCUT2D eigenvalue weighted by Crippen LogP contribution is 2.31. The van der Waals surface area contributed by atoms with Crippen LogP contribution >= 0.6 is 27.5 Å². The Balaban J connectivity index is 3.37. The molecule has 0 saturated carbocycles. The van der Waals surface area contributed by atoms with Crippen LogP contribution in [0, 0.1) is 0 Å². The molecular formula is C8H6BrClO2. The lowest BCUT2D eigenvalue weighted by molar-refractivity contribution is 0.101. The van der Waals surface area contributed by atoms with Gasteiger partial charge in [-0.1, -0.05) is 27.5 Å². The molecule has 1 N–H and O–H groups in total. The molecule has 2 nitrogen and oxygen atoms in total. The van der Waals surface area contributed by atoms with Gasteiger partial charge < -0.3 is 5.11 Å². The SMILES string of the molecule is CC(=O)c1cc(Br)cc(O)c1Cl. The van der Waals surface area contributed by atoms with Gasteiger partial charge in [0, 0.05) is 10.0 Å². The average Bonchev–Trinajstić information content (AvgIpc) is 1.96. The first kappa shape index (κ1) is 9.55. The monoisotopic (exact) mass is 248 g/mol. The Hall–Kier alpha value is -0.540. The highest BCUT2D eigenvalue weighted by molar-refractivity contribution is 9.10. The lowest BCUT2D eigenvalue weighted by atomic mass is 10.1. The summed E-state index contributed by atoms with van der Waals surface area (Å²) in [5.74, 6) is -0.257. The van der Waals surface area contributed by atoms with Crippen LogP contribution in [0.3, 0.4) is 0 Å². The van der Waals surface area contributed by atoms with E-state index in [0.717, 1.165) is 0 Å². The minimum Gasteiger partial charge on any atom is -0.506 e. The number of phenolic OH excluding ortho intramolecular Hbond substituents is 1. The predicted molar refractivity (Wildman–Crippen MR) is 50.8 cm³/mol. The van der Waals surface area contributed by atoms with E-state index < -0.39 is 0 Å². The Morgan fingerprint density at radius 3 is 2.67 bits per heavy atom. The molecule has 0 aromatic heterocycles. The van der Waals surface area contributed by atoms with Crippen molar-refractivity contribution < 1.29 is 9.90 Å². The van der Waals surface area contributed by atoms with Crippen molar-refractivity contribution in [3.8, 4) is 5.75 Å². The molecule has 0 atom stereocenters. The van der Waals surface area contributed by atoms with Gasteiger partial charge in [0.2, 0.25) is 0 Å². The smallest absolute Gasteiger partial charge is 0.161 e. The van der Waals surface area contributed by atoms with Gasteiger partial charge >= 0.3 is 0 Å². The number of rotatable bonds is 1. The number of halogens is 2. The third-order valence-corrected chi connectivity index (χ3v) is 2.25. The summed E-state index contributed by atoms with van der Waals surface area (Å²) in [5, 5.41) is 9.32.